The summed E-state index contributed by atoms with van der Waals surface area (Å²) in [5, 5.41) is 17.7. The number of aromatic nitrogens is 3. The van der Waals surface area contributed by atoms with Crippen LogP contribution in [0.4, 0.5) is 23.0 Å². The number of nitrogens with zero attached hydrogens (tertiary/aromatic N) is 4. The molecule has 2 fully saturated rings. The molecule has 0 aliphatic carbocycles. The van der Waals surface area contributed by atoms with Gasteiger partial charge in [-0.05, 0) is 53.0 Å². The van der Waals surface area contributed by atoms with Crippen LogP contribution in [0.1, 0.15) is 0 Å². The molecular weight excluding hydrogens is 504 g/mol. The number of benzene rings is 1. The number of quaternary nitrogens is 1. The first-order chi connectivity index (χ1) is 18.5. The van der Waals surface area contributed by atoms with E-state index in [9.17, 15) is 14.6 Å². The van der Waals surface area contributed by atoms with E-state index >= 15 is 0 Å². The van der Waals surface area contributed by atoms with E-state index in [1.54, 1.807) is 24.5 Å². The number of hydrogen-bond donors (Lipinski definition) is 2. The maximum atomic E-state index is 13.2. The minimum absolute atomic E-state index is 0.244. The average Bonchev–Trinajstić information content (AvgIpc) is 2.95. The smallest absolute Gasteiger partial charge is 0.259 e. The van der Waals surface area contributed by atoms with Crippen molar-refractivity contribution in [2.45, 2.75) is 0 Å². The normalized spacial score (nSPS) is 21.9. The molecule has 2 N–H and O–H groups in total. The second kappa shape index (κ2) is 10.4. The van der Waals surface area contributed by atoms with Crippen LogP contribution in [-0.4, -0.2) is 70.4 Å². The van der Waals surface area contributed by atoms with Gasteiger partial charge in [0.15, 0.2) is 11.5 Å². The van der Waals surface area contributed by atoms with Crippen molar-refractivity contribution in [3.63, 3.8) is 0 Å². The van der Waals surface area contributed by atoms with Crippen LogP contribution in [0.15, 0.2) is 65.7 Å². The first kappa shape index (κ1) is 24.8. The molecule has 4 aromatic rings. The standard InChI is InChI=1S/C27H28N6O4S/c34-27-25-19(7-8-28-27)17-23(20-1-6-24(29-18-20)32-9-13-37-14-10-32)31-26(25)30-21-2-4-22(5-3-21)33(35)11-15-38(36)16-12-33/h1-8,17-18H,9-16H2,(H,28,34)(H,30,31). The number of H-pyrrole nitrogens is 1. The molecular formula is C27H28N6O4S. The highest BCUT2D eigenvalue weighted by molar-refractivity contribution is 7.91. The van der Waals surface area contributed by atoms with Gasteiger partial charge in [0, 0.05) is 48.9 Å². The SMILES string of the molecule is O=c1[nH]ccc2cc(-c3ccc(N4CCOCC4)nc3)nc(Nc3ccc([N+]4([O-])CC[S+]([O-])CC4)cc3)c12. The molecule has 1 aromatic carbocycles. The molecule has 5 heterocycles. The van der Waals surface area contributed by atoms with Gasteiger partial charge in [-0.2, -0.15) is 0 Å². The lowest BCUT2D eigenvalue weighted by molar-refractivity contribution is 0.122. The minimum Gasteiger partial charge on any atom is -0.627 e. The second-order valence-electron chi connectivity index (χ2n) is 9.49. The number of hydrogen-bond acceptors (Lipinski definition) is 8. The molecule has 2 saturated heterocycles. The number of fused-ring (bicyclic) bond motifs is 1. The summed E-state index contributed by atoms with van der Waals surface area (Å²) in [7, 11) is 0. The summed E-state index contributed by atoms with van der Waals surface area (Å²) in [4.78, 5) is 27.1. The van der Waals surface area contributed by atoms with E-state index in [1.807, 2.05) is 36.4 Å². The van der Waals surface area contributed by atoms with Gasteiger partial charge in [-0.15, -0.1) is 0 Å². The fraction of sp³-hybridized carbons (Fsp3) is 0.296. The zero-order valence-corrected chi connectivity index (χ0v) is 21.6. The maximum absolute atomic E-state index is 13.2. The molecule has 2 aliphatic heterocycles. The summed E-state index contributed by atoms with van der Waals surface area (Å²) in [6, 6.07) is 14.9. The summed E-state index contributed by atoms with van der Waals surface area (Å²) in [5.41, 5.74) is 2.61. The topological polar surface area (TPSA) is 129 Å². The van der Waals surface area contributed by atoms with Crippen molar-refractivity contribution in [2.75, 3.05) is 61.1 Å². The van der Waals surface area contributed by atoms with Crippen molar-refractivity contribution in [1.82, 2.24) is 19.6 Å². The zero-order valence-electron chi connectivity index (χ0n) is 20.8. The van der Waals surface area contributed by atoms with Crippen LogP contribution in [0.5, 0.6) is 0 Å². The van der Waals surface area contributed by atoms with Gasteiger partial charge in [-0.1, -0.05) is 0 Å². The van der Waals surface area contributed by atoms with E-state index in [-0.39, 0.29) is 5.56 Å². The number of morpholine rings is 1. The van der Waals surface area contributed by atoms with E-state index in [4.69, 9.17) is 9.72 Å². The fourth-order valence-electron chi connectivity index (χ4n) is 4.89. The summed E-state index contributed by atoms with van der Waals surface area (Å²) < 4.78 is 16.7. The molecule has 0 atom stereocenters. The molecule has 0 unspecified atom stereocenters. The van der Waals surface area contributed by atoms with Crippen molar-refractivity contribution in [2.24, 2.45) is 0 Å². The van der Waals surface area contributed by atoms with Gasteiger partial charge in [0.05, 0.1) is 24.3 Å². The highest BCUT2D eigenvalue weighted by atomic mass is 32.2. The Morgan fingerprint density at radius 3 is 2.53 bits per heavy atom. The molecule has 11 heteroatoms. The molecule has 3 aromatic heterocycles. The number of nitrogens with one attached hydrogen (secondary N) is 2. The van der Waals surface area contributed by atoms with Crippen LogP contribution >= 0.6 is 0 Å². The molecule has 0 radical (unpaired) electrons. The Labute approximate surface area is 222 Å². The maximum Gasteiger partial charge on any atom is 0.259 e. The van der Waals surface area contributed by atoms with Crippen LogP contribution in [0.25, 0.3) is 22.0 Å². The Morgan fingerprint density at radius 1 is 1.05 bits per heavy atom. The number of pyridine rings is 3. The number of ether oxygens (including phenoxy) is 1. The Morgan fingerprint density at radius 2 is 1.82 bits per heavy atom. The molecule has 0 amide bonds. The largest absolute Gasteiger partial charge is 0.627 e. The van der Waals surface area contributed by atoms with E-state index in [2.05, 4.69) is 20.2 Å². The summed E-state index contributed by atoms with van der Waals surface area (Å²) in [6.45, 7) is 3.61. The monoisotopic (exact) mass is 532 g/mol. The van der Waals surface area contributed by atoms with Gasteiger partial charge in [0.1, 0.15) is 30.4 Å². The molecule has 10 nitrogen and oxygen atoms in total. The Hall–Kier alpha value is -3.48. The predicted octanol–water partition coefficient (Wildman–Crippen LogP) is 3.13. The van der Waals surface area contributed by atoms with Crippen LogP contribution in [0.2, 0.25) is 0 Å². The minimum atomic E-state index is -0.909. The third-order valence-corrected chi connectivity index (χ3v) is 8.37. The van der Waals surface area contributed by atoms with E-state index in [1.165, 1.54) is 0 Å². The van der Waals surface area contributed by atoms with Crippen molar-refractivity contribution in [3.8, 4) is 11.3 Å². The summed E-state index contributed by atoms with van der Waals surface area (Å²) in [5.74, 6) is 2.14. The van der Waals surface area contributed by atoms with Gasteiger partial charge in [-0.25, -0.2) is 9.97 Å². The third kappa shape index (κ3) is 4.98. The van der Waals surface area contributed by atoms with Gasteiger partial charge >= 0.3 is 0 Å². The Kier molecular flexibility index (Phi) is 6.76. The highest BCUT2D eigenvalue weighted by Crippen LogP contribution is 2.31. The van der Waals surface area contributed by atoms with Crippen molar-refractivity contribution in [1.29, 1.82) is 0 Å². The molecule has 196 valence electrons. The lowest BCUT2D eigenvalue weighted by Crippen LogP contribution is -2.53. The number of rotatable bonds is 5. The Balaban J connectivity index is 1.30. The lowest BCUT2D eigenvalue weighted by Gasteiger charge is -2.44. The first-order valence-corrected chi connectivity index (χ1v) is 14.1. The molecule has 38 heavy (non-hydrogen) atoms. The van der Waals surface area contributed by atoms with Crippen LogP contribution in [0.3, 0.4) is 0 Å². The average molecular weight is 533 g/mol. The molecule has 0 bridgehead atoms. The van der Waals surface area contributed by atoms with Crippen molar-refractivity contribution >= 4 is 45.0 Å². The quantitative estimate of drug-likeness (QED) is 0.228. The molecule has 6 rings (SSSR count). The number of hydroxylamine groups is 2. The highest BCUT2D eigenvalue weighted by Gasteiger charge is 2.30. The lowest BCUT2D eigenvalue weighted by atomic mass is 10.1. The summed E-state index contributed by atoms with van der Waals surface area (Å²) >= 11 is -0.909. The van der Waals surface area contributed by atoms with Gasteiger partial charge < -0.3 is 34.3 Å². The molecule has 0 spiro atoms. The second-order valence-corrected chi connectivity index (χ2v) is 11.2. The van der Waals surface area contributed by atoms with Crippen LogP contribution in [0, 0.1) is 5.21 Å². The number of aromatic amines is 1. The molecule has 2 aliphatic rings. The number of anilines is 3. The van der Waals surface area contributed by atoms with Gasteiger partial charge in [0.25, 0.3) is 5.56 Å². The Bertz CT molecular complexity index is 1480. The van der Waals surface area contributed by atoms with Gasteiger partial charge in [-0.3, -0.25) is 4.79 Å². The molecule has 0 saturated carbocycles. The first-order valence-electron chi connectivity index (χ1n) is 12.6. The van der Waals surface area contributed by atoms with Crippen LogP contribution in [-0.2, 0) is 15.9 Å². The summed E-state index contributed by atoms with van der Waals surface area (Å²) in [6.07, 6.45) is 3.42. The van der Waals surface area contributed by atoms with E-state index in [0.29, 0.717) is 66.1 Å². The zero-order chi connectivity index (χ0) is 26.1. The van der Waals surface area contributed by atoms with Gasteiger partial charge in [0.2, 0.25) is 0 Å². The van der Waals surface area contributed by atoms with Crippen LogP contribution < -0.4 is 20.4 Å². The van der Waals surface area contributed by atoms with Crippen molar-refractivity contribution in [3.05, 3.63) is 76.5 Å². The van der Waals surface area contributed by atoms with E-state index < -0.39 is 15.8 Å². The predicted molar refractivity (Wildman–Crippen MR) is 151 cm³/mol. The van der Waals surface area contributed by atoms with Crippen molar-refractivity contribution < 1.29 is 9.29 Å². The fourth-order valence-corrected chi connectivity index (χ4v) is 6.09. The van der Waals surface area contributed by atoms with E-state index in [0.717, 1.165) is 29.9 Å². The third-order valence-electron chi connectivity index (χ3n) is 7.09.